The first-order chi connectivity index (χ1) is 34.0. The lowest BCUT2D eigenvalue weighted by atomic mass is 10.0. The predicted molar refractivity (Wildman–Crippen MR) is 298 cm³/mol. The van der Waals surface area contributed by atoms with Crippen molar-refractivity contribution >= 4 is 17.9 Å². The summed E-state index contributed by atoms with van der Waals surface area (Å²) >= 11 is 0. The van der Waals surface area contributed by atoms with Crippen LogP contribution in [0.2, 0.25) is 0 Å². The first-order valence-corrected chi connectivity index (χ1v) is 31.5. The molecule has 0 spiro atoms. The van der Waals surface area contributed by atoms with Crippen molar-refractivity contribution in [3.05, 3.63) is 0 Å². The van der Waals surface area contributed by atoms with Crippen molar-refractivity contribution in [1.82, 2.24) is 0 Å². The van der Waals surface area contributed by atoms with Gasteiger partial charge in [-0.15, -0.1) is 0 Å². The zero-order valence-electron chi connectivity index (χ0n) is 47.1. The van der Waals surface area contributed by atoms with E-state index in [1.807, 2.05) is 0 Å². The lowest BCUT2D eigenvalue weighted by Crippen LogP contribution is -2.30. The maximum atomic E-state index is 12.9. The van der Waals surface area contributed by atoms with E-state index < -0.39 is 6.10 Å². The number of carbonyl (C=O) groups excluding carboxylic acids is 3. The molecule has 1 atom stereocenters. The topological polar surface area (TPSA) is 78.9 Å². The highest BCUT2D eigenvalue weighted by Crippen LogP contribution is 2.18. The molecule has 0 aromatic carbocycles. The number of unbranched alkanes of at least 4 members (excludes halogenated alkanes) is 48. The molecule has 0 saturated heterocycles. The van der Waals surface area contributed by atoms with Crippen molar-refractivity contribution < 1.29 is 28.6 Å². The van der Waals surface area contributed by atoms with Gasteiger partial charge in [0.1, 0.15) is 13.2 Å². The summed E-state index contributed by atoms with van der Waals surface area (Å²) < 4.78 is 16.9. The average molecular weight is 976 g/mol. The molecular formula is C63H122O6. The number of carbonyl (C=O) groups is 3. The van der Waals surface area contributed by atoms with Crippen LogP contribution in [0.4, 0.5) is 0 Å². The molecule has 0 unspecified atom stereocenters. The third-order valence-corrected chi connectivity index (χ3v) is 14.6. The molecule has 0 bridgehead atoms. The second-order valence-corrected chi connectivity index (χ2v) is 21.7. The maximum Gasteiger partial charge on any atom is 0.306 e. The van der Waals surface area contributed by atoms with Gasteiger partial charge < -0.3 is 14.2 Å². The number of hydrogen-bond donors (Lipinski definition) is 0. The maximum absolute atomic E-state index is 12.9. The van der Waals surface area contributed by atoms with Gasteiger partial charge in [-0.25, -0.2) is 0 Å². The van der Waals surface area contributed by atoms with Crippen LogP contribution in [-0.4, -0.2) is 37.2 Å². The van der Waals surface area contributed by atoms with Crippen LogP contribution in [0, 0.1) is 0 Å². The van der Waals surface area contributed by atoms with Crippen molar-refractivity contribution in [1.29, 1.82) is 0 Å². The Morgan fingerprint density at radius 1 is 0.232 bits per heavy atom. The van der Waals surface area contributed by atoms with Crippen molar-refractivity contribution in [2.24, 2.45) is 0 Å². The van der Waals surface area contributed by atoms with Gasteiger partial charge in [0.2, 0.25) is 0 Å². The second kappa shape index (κ2) is 59.0. The van der Waals surface area contributed by atoms with Crippen LogP contribution in [0.25, 0.3) is 0 Å². The van der Waals surface area contributed by atoms with Gasteiger partial charge in [-0.3, -0.25) is 14.4 Å². The number of ether oxygens (including phenoxy) is 3. The summed E-state index contributed by atoms with van der Waals surface area (Å²) in [4.78, 5) is 38.3. The summed E-state index contributed by atoms with van der Waals surface area (Å²) in [6.45, 7) is 6.73. The van der Waals surface area contributed by atoms with Crippen LogP contribution in [0.1, 0.15) is 367 Å². The molecule has 0 aliphatic rings. The third-order valence-electron chi connectivity index (χ3n) is 14.6. The quantitative estimate of drug-likeness (QED) is 0.0343. The SMILES string of the molecule is CCCCCCCCCCCCCCCCCCCCCC(=O)OC[C@@H](COC(=O)CCCCCCCCCCCCCCCCCCC)OC(=O)CCCCCCCCCCCCCCCCC. The van der Waals surface area contributed by atoms with Gasteiger partial charge in [0.05, 0.1) is 0 Å². The molecular weight excluding hydrogens is 853 g/mol. The van der Waals surface area contributed by atoms with Gasteiger partial charge in [-0.2, -0.15) is 0 Å². The molecule has 0 N–H and O–H groups in total. The van der Waals surface area contributed by atoms with Crippen molar-refractivity contribution in [3.63, 3.8) is 0 Å². The Labute approximate surface area is 431 Å². The summed E-state index contributed by atoms with van der Waals surface area (Å²) in [6.07, 6.45) is 66.7. The Kier molecular flexibility index (Phi) is 57.6. The Hall–Kier alpha value is -1.59. The summed E-state index contributed by atoms with van der Waals surface area (Å²) in [6, 6.07) is 0. The van der Waals surface area contributed by atoms with E-state index in [4.69, 9.17) is 14.2 Å². The minimum atomic E-state index is -0.762. The van der Waals surface area contributed by atoms with Gasteiger partial charge in [-0.05, 0) is 19.3 Å². The molecule has 6 nitrogen and oxygen atoms in total. The fourth-order valence-electron chi connectivity index (χ4n) is 9.86. The molecule has 0 aromatic rings. The summed E-state index contributed by atoms with van der Waals surface area (Å²) in [5.41, 5.74) is 0. The van der Waals surface area contributed by atoms with Crippen molar-refractivity contribution in [2.45, 2.75) is 374 Å². The highest BCUT2D eigenvalue weighted by molar-refractivity contribution is 5.71. The molecule has 0 saturated carbocycles. The summed E-state index contributed by atoms with van der Waals surface area (Å²) in [7, 11) is 0. The van der Waals surface area contributed by atoms with Crippen molar-refractivity contribution in [3.8, 4) is 0 Å². The molecule has 0 heterocycles. The molecule has 0 rings (SSSR count). The van der Waals surface area contributed by atoms with Crippen LogP contribution in [0.5, 0.6) is 0 Å². The lowest BCUT2D eigenvalue weighted by molar-refractivity contribution is -0.167. The van der Waals surface area contributed by atoms with Crippen LogP contribution >= 0.6 is 0 Å². The number of rotatable bonds is 59. The summed E-state index contributed by atoms with van der Waals surface area (Å²) in [5.74, 6) is -0.825. The molecule has 410 valence electrons. The Bertz CT molecular complexity index is 1030. The molecule has 0 aliphatic heterocycles. The van der Waals surface area contributed by atoms with E-state index in [1.54, 1.807) is 0 Å². The van der Waals surface area contributed by atoms with E-state index in [0.717, 1.165) is 57.8 Å². The minimum absolute atomic E-state index is 0.0606. The van der Waals surface area contributed by atoms with Crippen molar-refractivity contribution in [2.75, 3.05) is 13.2 Å². The smallest absolute Gasteiger partial charge is 0.306 e. The van der Waals surface area contributed by atoms with Gasteiger partial charge >= 0.3 is 17.9 Å². The van der Waals surface area contributed by atoms with E-state index >= 15 is 0 Å². The van der Waals surface area contributed by atoms with Crippen LogP contribution in [0.15, 0.2) is 0 Å². The van der Waals surface area contributed by atoms with Gasteiger partial charge in [-0.1, -0.05) is 329 Å². The molecule has 69 heavy (non-hydrogen) atoms. The molecule has 0 fully saturated rings. The van der Waals surface area contributed by atoms with E-state index in [9.17, 15) is 14.4 Å². The Morgan fingerprint density at radius 2 is 0.391 bits per heavy atom. The molecule has 0 amide bonds. The summed E-state index contributed by atoms with van der Waals surface area (Å²) in [5, 5.41) is 0. The molecule has 0 aromatic heterocycles. The lowest BCUT2D eigenvalue weighted by Gasteiger charge is -2.18. The zero-order valence-corrected chi connectivity index (χ0v) is 47.1. The van der Waals surface area contributed by atoms with E-state index in [2.05, 4.69) is 20.8 Å². The molecule has 0 radical (unpaired) electrons. The van der Waals surface area contributed by atoms with E-state index in [1.165, 1.54) is 270 Å². The largest absolute Gasteiger partial charge is 0.462 e. The standard InChI is InChI=1S/C63H122O6/c1-4-7-10-13-16-19-22-25-28-30-31-33-36-38-41-44-47-50-53-56-62(65)68-59-60(69-63(66)57-54-51-48-45-42-39-34-27-24-21-18-15-12-9-6-3)58-67-61(64)55-52-49-46-43-40-37-35-32-29-26-23-20-17-14-11-8-5-2/h60H,4-59H2,1-3H3/t60-/m1/s1. The normalized spacial score (nSPS) is 11.9. The predicted octanol–water partition coefficient (Wildman–Crippen LogP) is 21.1. The number of hydrogen-bond acceptors (Lipinski definition) is 6. The number of esters is 3. The van der Waals surface area contributed by atoms with Gasteiger partial charge in [0.25, 0.3) is 0 Å². The minimum Gasteiger partial charge on any atom is -0.462 e. The van der Waals surface area contributed by atoms with Gasteiger partial charge in [0, 0.05) is 19.3 Å². The monoisotopic (exact) mass is 975 g/mol. The third kappa shape index (κ3) is 57.2. The molecule has 0 aliphatic carbocycles. The second-order valence-electron chi connectivity index (χ2n) is 21.7. The van der Waals surface area contributed by atoms with Crippen LogP contribution < -0.4 is 0 Å². The van der Waals surface area contributed by atoms with Crippen LogP contribution in [0.3, 0.4) is 0 Å². The highest BCUT2D eigenvalue weighted by atomic mass is 16.6. The Balaban J connectivity index is 4.27. The average Bonchev–Trinajstić information content (AvgIpc) is 3.35. The van der Waals surface area contributed by atoms with E-state index in [-0.39, 0.29) is 31.1 Å². The first kappa shape index (κ1) is 67.4. The first-order valence-electron chi connectivity index (χ1n) is 31.5. The Morgan fingerprint density at radius 3 is 0.580 bits per heavy atom. The van der Waals surface area contributed by atoms with Crippen LogP contribution in [-0.2, 0) is 28.6 Å². The van der Waals surface area contributed by atoms with E-state index in [0.29, 0.717) is 19.3 Å². The van der Waals surface area contributed by atoms with Gasteiger partial charge in [0.15, 0.2) is 6.10 Å². The fraction of sp³-hybridized carbons (Fsp3) is 0.952. The fourth-order valence-corrected chi connectivity index (χ4v) is 9.86. The molecule has 6 heteroatoms. The zero-order chi connectivity index (χ0) is 50.0. The highest BCUT2D eigenvalue weighted by Gasteiger charge is 2.19.